The Morgan fingerprint density at radius 3 is 2.69 bits per heavy atom. The molecule has 1 N–H and O–H groups in total. The molecule has 0 spiro atoms. The minimum atomic E-state index is -0.192. The van der Waals surface area contributed by atoms with E-state index in [1.165, 1.54) is 0 Å². The predicted molar refractivity (Wildman–Crippen MR) is 149 cm³/mol. The fraction of sp³-hybridized carbons (Fsp3) is 0.226. The number of rotatable bonds is 7. The number of hydrogen-bond donors (Lipinski definition) is 1. The molecule has 0 bridgehead atoms. The van der Waals surface area contributed by atoms with Gasteiger partial charge in [0, 0.05) is 28.9 Å². The lowest BCUT2D eigenvalue weighted by molar-refractivity contribution is 0.0924. The van der Waals surface area contributed by atoms with E-state index < -0.39 is 0 Å². The van der Waals surface area contributed by atoms with Crippen molar-refractivity contribution in [2.45, 2.75) is 26.4 Å². The molecule has 5 aromatic rings. The van der Waals surface area contributed by atoms with Crippen LogP contribution in [-0.2, 0) is 6.54 Å². The molecule has 1 aliphatic heterocycles. The summed E-state index contributed by atoms with van der Waals surface area (Å²) in [6.07, 6.45) is 5.53. The predicted octanol–water partition coefficient (Wildman–Crippen LogP) is 5.44. The van der Waals surface area contributed by atoms with Gasteiger partial charge in [-0.05, 0) is 52.8 Å². The summed E-state index contributed by atoms with van der Waals surface area (Å²) in [5, 5.41) is 14.1. The van der Waals surface area contributed by atoms with Crippen LogP contribution >= 0.6 is 0 Å². The first kappa shape index (κ1) is 24.6. The van der Waals surface area contributed by atoms with Gasteiger partial charge >= 0.3 is 0 Å². The quantitative estimate of drug-likeness (QED) is 0.308. The first-order valence-electron chi connectivity index (χ1n) is 13.1. The molecular formula is C31H29N5O3. The summed E-state index contributed by atoms with van der Waals surface area (Å²) in [6.45, 7) is 5.66. The fourth-order valence-electron chi connectivity index (χ4n) is 4.91. The monoisotopic (exact) mass is 519 g/mol. The highest BCUT2D eigenvalue weighted by molar-refractivity contribution is 5.96. The highest BCUT2D eigenvalue weighted by Crippen LogP contribution is 2.34. The molecule has 3 heterocycles. The van der Waals surface area contributed by atoms with E-state index in [4.69, 9.17) is 9.47 Å². The first-order valence-corrected chi connectivity index (χ1v) is 13.1. The van der Waals surface area contributed by atoms with Gasteiger partial charge in [0.05, 0.1) is 18.8 Å². The van der Waals surface area contributed by atoms with Crippen LogP contribution in [0.5, 0.6) is 11.5 Å². The third kappa shape index (κ3) is 5.18. The summed E-state index contributed by atoms with van der Waals surface area (Å²) >= 11 is 0. The van der Waals surface area contributed by atoms with Gasteiger partial charge in [0.2, 0.25) is 0 Å². The van der Waals surface area contributed by atoms with E-state index in [1.54, 1.807) is 10.9 Å². The lowest BCUT2D eigenvalue weighted by Crippen LogP contribution is -2.32. The zero-order valence-electron chi connectivity index (χ0n) is 21.9. The average Bonchev–Trinajstić information content (AvgIpc) is 3.44. The smallest absolute Gasteiger partial charge is 0.252 e. The van der Waals surface area contributed by atoms with Crippen molar-refractivity contribution >= 4 is 16.7 Å². The number of fused-ring (bicyclic) bond motifs is 2. The Morgan fingerprint density at radius 2 is 1.82 bits per heavy atom. The van der Waals surface area contributed by atoms with Crippen molar-refractivity contribution in [2.24, 2.45) is 5.92 Å². The maximum Gasteiger partial charge on any atom is 0.252 e. The van der Waals surface area contributed by atoms with Gasteiger partial charge in [-0.1, -0.05) is 55.5 Å². The van der Waals surface area contributed by atoms with Crippen LogP contribution in [0.2, 0.25) is 0 Å². The molecule has 0 radical (unpaired) electrons. The highest BCUT2D eigenvalue weighted by atomic mass is 16.6. The number of aromatic nitrogens is 4. The third-order valence-electron chi connectivity index (χ3n) is 6.95. The van der Waals surface area contributed by atoms with Crippen LogP contribution in [0.1, 0.15) is 41.4 Å². The summed E-state index contributed by atoms with van der Waals surface area (Å²) in [7, 11) is 0. The van der Waals surface area contributed by atoms with Gasteiger partial charge in [0.25, 0.3) is 5.91 Å². The topological polar surface area (TPSA) is 91.2 Å². The van der Waals surface area contributed by atoms with E-state index in [-0.39, 0.29) is 17.9 Å². The Kier molecular flexibility index (Phi) is 6.67. The molecule has 196 valence electrons. The van der Waals surface area contributed by atoms with E-state index in [1.807, 2.05) is 73.1 Å². The van der Waals surface area contributed by atoms with Gasteiger partial charge in [-0.2, -0.15) is 0 Å². The molecule has 1 amide bonds. The molecule has 0 aliphatic carbocycles. The van der Waals surface area contributed by atoms with Crippen molar-refractivity contribution in [3.8, 4) is 22.8 Å². The zero-order valence-corrected chi connectivity index (χ0v) is 21.9. The van der Waals surface area contributed by atoms with Crippen LogP contribution in [0.15, 0.2) is 85.3 Å². The van der Waals surface area contributed by atoms with Crippen LogP contribution in [-0.4, -0.2) is 39.1 Å². The minimum Gasteiger partial charge on any atom is -0.486 e. The summed E-state index contributed by atoms with van der Waals surface area (Å²) in [6, 6.07) is 21.4. The second-order valence-electron chi connectivity index (χ2n) is 9.99. The molecule has 0 fully saturated rings. The Labute approximate surface area is 226 Å². The summed E-state index contributed by atoms with van der Waals surface area (Å²) in [5.41, 5.74) is 4.20. The fourth-order valence-corrected chi connectivity index (χ4v) is 4.91. The van der Waals surface area contributed by atoms with Gasteiger partial charge in [-0.3, -0.25) is 9.78 Å². The van der Waals surface area contributed by atoms with Gasteiger partial charge in [0.1, 0.15) is 18.9 Å². The van der Waals surface area contributed by atoms with E-state index in [0.717, 1.165) is 38.9 Å². The second kappa shape index (κ2) is 10.6. The number of carbonyl (C=O) groups is 1. The number of benzene rings is 3. The summed E-state index contributed by atoms with van der Waals surface area (Å²) < 4.78 is 13.2. The van der Waals surface area contributed by atoms with Crippen molar-refractivity contribution < 1.29 is 14.3 Å². The highest BCUT2D eigenvalue weighted by Gasteiger charge is 2.23. The first-order chi connectivity index (χ1) is 19.0. The van der Waals surface area contributed by atoms with Crippen LogP contribution < -0.4 is 14.8 Å². The van der Waals surface area contributed by atoms with E-state index in [2.05, 4.69) is 40.5 Å². The average molecular weight is 520 g/mol. The number of carbonyl (C=O) groups excluding carboxylic acids is 1. The van der Waals surface area contributed by atoms with Crippen LogP contribution in [0, 0.1) is 5.92 Å². The lowest BCUT2D eigenvalue weighted by atomic mass is 9.94. The Morgan fingerprint density at radius 1 is 0.974 bits per heavy atom. The van der Waals surface area contributed by atoms with Crippen molar-refractivity contribution in [2.75, 3.05) is 13.2 Å². The molecule has 1 unspecified atom stereocenters. The maximum atomic E-state index is 13.6. The molecule has 8 heteroatoms. The summed E-state index contributed by atoms with van der Waals surface area (Å²) in [4.78, 5) is 17.7. The maximum absolute atomic E-state index is 13.6. The minimum absolute atomic E-state index is 0.136. The molecule has 1 atom stereocenters. The van der Waals surface area contributed by atoms with Gasteiger partial charge < -0.3 is 14.8 Å². The largest absolute Gasteiger partial charge is 0.486 e. The van der Waals surface area contributed by atoms with E-state index >= 15 is 0 Å². The number of ether oxygens (including phenoxy) is 2. The van der Waals surface area contributed by atoms with Crippen molar-refractivity contribution in [1.82, 2.24) is 25.3 Å². The van der Waals surface area contributed by atoms with E-state index in [9.17, 15) is 4.79 Å². The molecule has 0 saturated carbocycles. The second-order valence-corrected chi connectivity index (χ2v) is 9.99. The lowest BCUT2D eigenvalue weighted by Gasteiger charge is -2.26. The SMILES string of the molecule is CC(C)C(NC(=O)c1ccccc1Cn1cc(-c2ccc3cnccc3c2)nn1)c1ccc2c(c1)OCCO2. The van der Waals surface area contributed by atoms with Crippen molar-refractivity contribution in [3.05, 3.63) is 102 Å². The third-order valence-corrected chi connectivity index (χ3v) is 6.95. The molecule has 0 saturated heterocycles. The number of pyridine rings is 1. The van der Waals surface area contributed by atoms with Gasteiger partial charge in [0.15, 0.2) is 11.5 Å². The molecular weight excluding hydrogens is 490 g/mol. The number of nitrogens with one attached hydrogen (secondary N) is 1. The molecule has 8 nitrogen and oxygen atoms in total. The normalized spacial score (nSPS) is 13.4. The van der Waals surface area contributed by atoms with Crippen molar-refractivity contribution in [1.29, 1.82) is 0 Å². The molecule has 39 heavy (non-hydrogen) atoms. The zero-order chi connectivity index (χ0) is 26.8. The van der Waals surface area contributed by atoms with Crippen LogP contribution in [0.3, 0.4) is 0 Å². The number of amides is 1. The van der Waals surface area contributed by atoms with Gasteiger partial charge in [-0.25, -0.2) is 4.68 Å². The van der Waals surface area contributed by atoms with E-state index in [0.29, 0.717) is 31.1 Å². The standard InChI is InChI=1S/C31H29N5O3/c1-20(2)30(23-9-10-28-29(16-23)39-14-13-38-28)33-31(37)26-6-4-3-5-25(26)18-36-19-27(34-35-36)22-7-8-24-17-32-12-11-21(24)15-22/h3-12,15-17,19-20,30H,13-14,18H2,1-2H3,(H,33,37). The van der Waals surface area contributed by atoms with Crippen LogP contribution in [0.4, 0.5) is 0 Å². The number of nitrogens with zero attached hydrogens (tertiary/aromatic N) is 4. The molecule has 6 rings (SSSR count). The van der Waals surface area contributed by atoms with Crippen LogP contribution in [0.25, 0.3) is 22.0 Å². The molecule has 1 aliphatic rings. The molecule has 2 aromatic heterocycles. The Hall–Kier alpha value is -4.72. The van der Waals surface area contributed by atoms with Crippen molar-refractivity contribution in [3.63, 3.8) is 0 Å². The Balaban J connectivity index is 1.22. The molecule has 3 aromatic carbocycles. The number of hydrogen-bond acceptors (Lipinski definition) is 6. The summed E-state index contributed by atoms with van der Waals surface area (Å²) in [5.74, 6) is 1.48. The Bertz CT molecular complexity index is 1640. The van der Waals surface area contributed by atoms with Gasteiger partial charge in [-0.15, -0.1) is 5.10 Å².